The molecule has 1 unspecified atom stereocenters. The van der Waals surface area contributed by atoms with Crippen LogP contribution < -0.4 is 15.8 Å². The summed E-state index contributed by atoms with van der Waals surface area (Å²) in [5.41, 5.74) is 4.71. The van der Waals surface area contributed by atoms with Crippen LogP contribution in [0.3, 0.4) is 0 Å². The highest BCUT2D eigenvalue weighted by molar-refractivity contribution is 6.14. The number of likely N-dealkylation sites (tertiary alicyclic amines) is 1. The molecule has 3 amide bonds. The molecule has 2 aromatic rings. The minimum absolute atomic E-state index is 0.0676. The molecule has 2 aromatic carbocycles. The number of hydrazone groups is 1. The van der Waals surface area contributed by atoms with Crippen LogP contribution in [0, 0.1) is 5.41 Å². The minimum atomic E-state index is -2.75. The van der Waals surface area contributed by atoms with E-state index in [2.05, 4.69) is 10.4 Å². The van der Waals surface area contributed by atoms with Crippen molar-refractivity contribution in [1.29, 1.82) is 0 Å². The number of alkyl halides is 2. The first-order valence-electron chi connectivity index (χ1n) is 12.8. The number of nitrogens with one attached hydrogen (secondary N) is 1. The third kappa shape index (κ3) is 6.42. The van der Waals surface area contributed by atoms with E-state index < -0.39 is 47.7 Å². The number of carbonyl (C=O) groups is 3. The first kappa shape index (κ1) is 28.2. The van der Waals surface area contributed by atoms with Gasteiger partial charge >= 0.3 is 0 Å². The van der Waals surface area contributed by atoms with Gasteiger partial charge in [0.1, 0.15) is 30.4 Å². The van der Waals surface area contributed by atoms with Crippen LogP contribution in [-0.2, 0) is 20.8 Å². The molecule has 2 aliphatic heterocycles. The molecule has 0 radical (unpaired) electrons. The maximum Gasteiger partial charge on any atom is 0.258 e. The van der Waals surface area contributed by atoms with Crippen molar-refractivity contribution in [3.63, 3.8) is 0 Å². The number of benzene rings is 2. The van der Waals surface area contributed by atoms with Crippen LogP contribution in [-0.4, -0.2) is 77.6 Å². The van der Waals surface area contributed by atoms with E-state index in [4.69, 9.17) is 10.5 Å². The summed E-state index contributed by atoms with van der Waals surface area (Å²) in [5, 5.41) is 7.78. The van der Waals surface area contributed by atoms with Crippen molar-refractivity contribution in [2.24, 2.45) is 16.3 Å². The van der Waals surface area contributed by atoms with Gasteiger partial charge in [0.25, 0.3) is 12.3 Å². The number of hydrogen-bond donors (Lipinski definition) is 2. The quantitative estimate of drug-likeness (QED) is 0.478. The molecule has 0 spiro atoms. The molecule has 11 heteroatoms. The average molecular weight is 542 g/mol. The number of ether oxygens (including phenoxy) is 1. The van der Waals surface area contributed by atoms with Gasteiger partial charge in [0, 0.05) is 19.5 Å². The first-order valence-corrected chi connectivity index (χ1v) is 12.8. The fourth-order valence-corrected chi connectivity index (χ4v) is 4.81. The molecule has 0 bridgehead atoms. The lowest BCUT2D eigenvalue weighted by atomic mass is 9.73. The monoisotopic (exact) mass is 541 g/mol. The molecule has 39 heavy (non-hydrogen) atoms. The van der Waals surface area contributed by atoms with Crippen molar-refractivity contribution in [2.75, 3.05) is 26.2 Å². The number of amides is 3. The summed E-state index contributed by atoms with van der Waals surface area (Å²) in [5.74, 6) is -1.06. The average Bonchev–Trinajstić information content (AvgIpc) is 3.16. The van der Waals surface area contributed by atoms with Crippen LogP contribution in [0.15, 0.2) is 65.8 Å². The smallest absolute Gasteiger partial charge is 0.258 e. The molecule has 9 nitrogen and oxygen atoms in total. The van der Waals surface area contributed by atoms with Crippen LogP contribution in [0.5, 0.6) is 5.75 Å². The molecule has 1 fully saturated rings. The number of para-hydroxylation sites is 1. The number of carbonyl (C=O) groups excluding carboxylic acids is 3. The number of nitrogens with zero attached hydrogens (tertiary/aromatic N) is 3. The summed E-state index contributed by atoms with van der Waals surface area (Å²) in [6.45, 7) is 2.20. The maximum absolute atomic E-state index is 13.8. The number of halogens is 2. The van der Waals surface area contributed by atoms with Crippen LogP contribution in [0.25, 0.3) is 0 Å². The Morgan fingerprint density at radius 3 is 2.38 bits per heavy atom. The van der Waals surface area contributed by atoms with Gasteiger partial charge in [-0.1, -0.05) is 48.5 Å². The Kier molecular flexibility index (Phi) is 8.29. The number of hydrogen-bond acceptors (Lipinski definition) is 6. The SMILES string of the molecule is CC(C)(N)C(=O)NC(COc1ccccc1)C(=O)N1CCC2=NN(CC(F)F)C(=O)[C@]2(Cc2ccccc2)C1. The second-order valence-corrected chi connectivity index (χ2v) is 10.5. The van der Waals surface area contributed by atoms with Crippen molar-refractivity contribution >= 4 is 23.4 Å². The molecular formula is C28H33F2N5O4. The largest absolute Gasteiger partial charge is 0.491 e. The second-order valence-electron chi connectivity index (χ2n) is 10.5. The molecule has 0 aromatic heterocycles. The van der Waals surface area contributed by atoms with Gasteiger partial charge < -0.3 is 20.7 Å². The van der Waals surface area contributed by atoms with E-state index >= 15 is 0 Å². The summed E-state index contributed by atoms with van der Waals surface area (Å²) >= 11 is 0. The first-order chi connectivity index (χ1) is 18.5. The lowest BCUT2D eigenvalue weighted by Gasteiger charge is -2.41. The zero-order valence-corrected chi connectivity index (χ0v) is 22.0. The Hall–Kier alpha value is -3.86. The highest BCUT2D eigenvalue weighted by Crippen LogP contribution is 2.39. The van der Waals surface area contributed by atoms with E-state index in [-0.39, 0.29) is 32.5 Å². The highest BCUT2D eigenvalue weighted by Gasteiger charge is 2.55. The van der Waals surface area contributed by atoms with Gasteiger partial charge in [-0.05, 0) is 38.0 Å². The summed E-state index contributed by atoms with van der Waals surface area (Å²) in [6, 6.07) is 16.9. The molecular weight excluding hydrogens is 508 g/mol. The number of nitrogens with two attached hydrogens (primary N) is 1. The lowest BCUT2D eigenvalue weighted by molar-refractivity contribution is -0.144. The Labute approximate surface area is 226 Å². The van der Waals surface area contributed by atoms with Gasteiger partial charge in [-0.2, -0.15) is 5.10 Å². The number of piperidine rings is 1. The fraction of sp³-hybridized carbons (Fsp3) is 0.429. The standard InChI is InChI=1S/C28H33F2N5O4/c1-27(2,31)25(37)32-21(17-39-20-11-7-4-8-12-20)24(36)34-14-13-22-28(18-34,15-19-9-5-3-6-10-19)26(38)35(33-22)16-23(29)30/h3-12,21,23H,13-18,31H2,1-2H3,(H,32,37)/t21?,28-/m1/s1. The van der Waals surface area contributed by atoms with Crippen molar-refractivity contribution < 1.29 is 27.9 Å². The molecule has 2 aliphatic rings. The molecule has 2 heterocycles. The van der Waals surface area contributed by atoms with Crippen molar-refractivity contribution in [1.82, 2.24) is 15.2 Å². The Balaban J connectivity index is 1.61. The lowest BCUT2D eigenvalue weighted by Crippen LogP contribution is -2.62. The number of rotatable bonds is 10. The third-order valence-corrected chi connectivity index (χ3v) is 6.84. The zero-order valence-electron chi connectivity index (χ0n) is 22.0. The van der Waals surface area contributed by atoms with E-state index in [0.717, 1.165) is 10.6 Å². The van der Waals surface area contributed by atoms with Crippen molar-refractivity contribution in [3.05, 3.63) is 66.2 Å². The maximum atomic E-state index is 13.8. The Morgan fingerprint density at radius 2 is 1.77 bits per heavy atom. The molecule has 1 saturated heterocycles. The topological polar surface area (TPSA) is 117 Å². The Morgan fingerprint density at radius 1 is 1.13 bits per heavy atom. The van der Waals surface area contributed by atoms with Crippen LogP contribution in [0.1, 0.15) is 25.8 Å². The molecule has 208 valence electrons. The molecule has 0 saturated carbocycles. The van der Waals surface area contributed by atoms with Gasteiger partial charge in [0.2, 0.25) is 11.8 Å². The van der Waals surface area contributed by atoms with Gasteiger partial charge in [-0.15, -0.1) is 0 Å². The van der Waals surface area contributed by atoms with Gasteiger partial charge in [-0.3, -0.25) is 14.4 Å². The minimum Gasteiger partial charge on any atom is -0.491 e. The van der Waals surface area contributed by atoms with Crippen molar-refractivity contribution in [2.45, 2.75) is 44.7 Å². The predicted molar refractivity (Wildman–Crippen MR) is 141 cm³/mol. The summed E-state index contributed by atoms with van der Waals surface area (Å²) in [6.07, 6.45) is -2.33. The highest BCUT2D eigenvalue weighted by atomic mass is 19.3. The van der Waals surface area contributed by atoms with E-state index in [9.17, 15) is 23.2 Å². The summed E-state index contributed by atoms with van der Waals surface area (Å²) < 4.78 is 32.3. The molecule has 0 aliphatic carbocycles. The summed E-state index contributed by atoms with van der Waals surface area (Å²) in [7, 11) is 0. The second kappa shape index (κ2) is 11.5. The van der Waals surface area contributed by atoms with Gasteiger partial charge in [0.15, 0.2) is 0 Å². The van der Waals surface area contributed by atoms with Crippen LogP contribution in [0.2, 0.25) is 0 Å². The summed E-state index contributed by atoms with van der Waals surface area (Å²) in [4.78, 5) is 41.7. The fourth-order valence-electron chi connectivity index (χ4n) is 4.81. The van der Waals surface area contributed by atoms with E-state index in [1.807, 2.05) is 36.4 Å². The van der Waals surface area contributed by atoms with Crippen LogP contribution in [0.4, 0.5) is 8.78 Å². The number of fused-ring (bicyclic) bond motifs is 1. The van der Waals surface area contributed by atoms with Gasteiger partial charge in [-0.25, -0.2) is 13.8 Å². The van der Waals surface area contributed by atoms with Gasteiger partial charge in [0.05, 0.1) is 11.3 Å². The van der Waals surface area contributed by atoms with E-state index in [0.29, 0.717) is 11.5 Å². The van der Waals surface area contributed by atoms with Crippen LogP contribution >= 0.6 is 0 Å². The normalized spacial score (nSPS) is 19.9. The zero-order chi connectivity index (χ0) is 28.2. The molecule has 4 rings (SSSR count). The van der Waals surface area contributed by atoms with E-state index in [1.165, 1.54) is 18.7 Å². The third-order valence-electron chi connectivity index (χ3n) is 6.84. The van der Waals surface area contributed by atoms with E-state index in [1.54, 1.807) is 24.3 Å². The molecule has 3 N–H and O–H groups in total. The van der Waals surface area contributed by atoms with Crippen molar-refractivity contribution in [3.8, 4) is 5.75 Å². The predicted octanol–water partition coefficient (Wildman–Crippen LogP) is 2.21. The Bertz CT molecular complexity index is 1220. The molecule has 2 atom stereocenters.